The Kier molecular flexibility index (Phi) is 3.00. The number of halogens is 1. The summed E-state index contributed by atoms with van der Waals surface area (Å²) in [6.07, 6.45) is 1.02. The fourth-order valence-electron chi connectivity index (χ4n) is 2.54. The molecule has 2 rings (SSSR count). The molecule has 2 nitrogen and oxygen atoms in total. The minimum atomic E-state index is -0.959. The third-order valence-electron chi connectivity index (χ3n) is 3.08. The highest BCUT2D eigenvalue weighted by Crippen LogP contribution is 2.37. The molecule has 0 aliphatic carbocycles. The second-order valence-corrected chi connectivity index (χ2v) is 4.71. The van der Waals surface area contributed by atoms with Gasteiger partial charge in [0.15, 0.2) is 0 Å². The first kappa shape index (κ1) is 11.6. The lowest BCUT2D eigenvalue weighted by atomic mass is 9.82. The van der Waals surface area contributed by atoms with E-state index in [4.69, 9.17) is 4.74 Å². The summed E-state index contributed by atoms with van der Waals surface area (Å²) < 4.78 is 18.7. The molecule has 1 aromatic rings. The minimum Gasteiger partial charge on any atom is -0.385 e. The maximum atomic E-state index is 13.1. The predicted octanol–water partition coefficient (Wildman–Crippen LogP) is 2.60. The Labute approximate surface area is 95.1 Å². The van der Waals surface area contributed by atoms with Crippen molar-refractivity contribution in [2.45, 2.75) is 44.5 Å². The van der Waals surface area contributed by atoms with Crippen LogP contribution in [0.25, 0.3) is 0 Å². The number of benzene rings is 1. The van der Waals surface area contributed by atoms with Crippen molar-refractivity contribution in [3.8, 4) is 0 Å². The summed E-state index contributed by atoms with van der Waals surface area (Å²) in [5.74, 6) is -0.308. The van der Waals surface area contributed by atoms with E-state index < -0.39 is 5.60 Å². The average Bonchev–Trinajstić information content (AvgIpc) is 2.15. The average molecular weight is 224 g/mol. The van der Waals surface area contributed by atoms with E-state index in [0.29, 0.717) is 18.4 Å². The quantitative estimate of drug-likeness (QED) is 0.794. The smallest absolute Gasteiger partial charge is 0.123 e. The van der Waals surface area contributed by atoms with Crippen molar-refractivity contribution < 1.29 is 14.2 Å². The Bertz CT molecular complexity index is 368. The topological polar surface area (TPSA) is 29.5 Å². The van der Waals surface area contributed by atoms with Crippen LogP contribution in [0.5, 0.6) is 0 Å². The predicted molar refractivity (Wildman–Crippen MR) is 59.5 cm³/mol. The molecule has 0 aromatic heterocycles. The lowest BCUT2D eigenvalue weighted by Gasteiger charge is -2.39. The van der Waals surface area contributed by atoms with E-state index in [-0.39, 0.29) is 18.0 Å². The van der Waals surface area contributed by atoms with Crippen molar-refractivity contribution in [3.05, 3.63) is 35.6 Å². The third kappa shape index (κ3) is 2.25. The second kappa shape index (κ2) is 4.15. The standard InChI is InChI=1S/C13H17FO2/c1-9-7-13(15,8-10(2)16-9)11-4-3-5-12(14)6-11/h3-6,9-10,15H,7-8H2,1-2H3. The molecule has 0 saturated carbocycles. The van der Waals surface area contributed by atoms with E-state index in [1.807, 2.05) is 13.8 Å². The number of rotatable bonds is 1. The Morgan fingerprint density at radius 1 is 1.31 bits per heavy atom. The lowest BCUT2D eigenvalue weighted by Crippen LogP contribution is -2.41. The Morgan fingerprint density at radius 2 is 1.94 bits per heavy atom. The summed E-state index contributed by atoms with van der Waals surface area (Å²) in [7, 11) is 0. The van der Waals surface area contributed by atoms with E-state index in [9.17, 15) is 9.50 Å². The molecule has 1 aromatic carbocycles. The van der Waals surface area contributed by atoms with Crippen LogP contribution in [-0.2, 0) is 10.3 Å². The van der Waals surface area contributed by atoms with Crippen molar-refractivity contribution in [1.82, 2.24) is 0 Å². The zero-order chi connectivity index (χ0) is 11.8. The minimum absolute atomic E-state index is 0.00276. The van der Waals surface area contributed by atoms with Gasteiger partial charge in [0.2, 0.25) is 0 Å². The number of hydrogen-bond donors (Lipinski definition) is 1. The van der Waals surface area contributed by atoms with Crippen LogP contribution in [0.3, 0.4) is 0 Å². The molecule has 0 amide bonds. The first-order chi connectivity index (χ1) is 7.49. The van der Waals surface area contributed by atoms with Crippen molar-refractivity contribution in [2.75, 3.05) is 0 Å². The van der Waals surface area contributed by atoms with Crippen LogP contribution in [0, 0.1) is 5.82 Å². The van der Waals surface area contributed by atoms with Gasteiger partial charge in [-0.25, -0.2) is 4.39 Å². The van der Waals surface area contributed by atoms with Crippen LogP contribution in [0.2, 0.25) is 0 Å². The fourth-order valence-corrected chi connectivity index (χ4v) is 2.54. The molecule has 2 unspecified atom stereocenters. The molecule has 0 radical (unpaired) electrons. The van der Waals surface area contributed by atoms with Gasteiger partial charge in [-0.15, -0.1) is 0 Å². The van der Waals surface area contributed by atoms with Crippen LogP contribution < -0.4 is 0 Å². The third-order valence-corrected chi connectivity index (χ3v) is 3.08. The molecule has 1 saturated heterocycles. The van der Waals surface area contributed by atoms with Gasteiger partial charge in [0, 0.05) is 12.8 Å². The number of ether oxygens (including phenoxy) is 1. The Morgan fingerprint density at radius 3 is 2.50 bits per heavy atom. The zero-order valence-electron chi connectivity index (χ0n) is 9.61. The molecule has 0 spiro atoms. The molecule has 1 aliphatic rings. The molecule has 3 heteroatoms. The zero-order valence-corrected chi connectivity index (χ0v) is 9.61. The van der Waals surface area contributed by atoms with Gasteiger partial charge in [-0.1, -0.05) is 12.1 Å². The highest BCUT2D eigenvalue weighted by molar-refractivity contribution is 5.24. The molecule has 0 bridgehead atoms. The Hall–Kier alpha value is -0.930. The van der Waals surface area contributed by atoms with Gasteiger partial charge in [-0.05, 0) is 31.5 Å². The normalized spacial score (nSPS) is 35.0. The van der Waals surface area contributed by atoms with Crippen LogP contribution in [0.4, 0.5) is 4.39 Å². The molecular formula is C13H17FO2. The lowest BCUT2D eigenvalue weighted by molar-refractivity contribution is -0.135. The van der Waals surface area contributed by atoms with Gasteiger partial charge < -0.3 is 9.84 Å². The van der Waals surface area contributed by atoms with Crippen LogP contribution in [0.15, 0.2) is 24.3 Å². The summed E-state index contributed by atoms with van der Waals surface area (Å²) in [4.78, 5) is 0. The van der Waals surface area contributed by atoms with Gasteiger partial charge in [-0.2, -0.15) is 0 Å². The summed E-state index contributed by atoms with van der Waals surface area (Å²) >= 11 is 0. The Balaban J connectivity index is 2.30. The van der Waals surface area contributed by atoms with Gasteiger partial charge in [0.1, 0.15) is 5.82 Å². The van der Waals surface area contributed by atoms with Crippen molar-refractivity contribution >= 4 is 0 Å². The summed E-state index contributed by atoms with van der Waals surface area (Å²) in [5, 5.41) is 10.6. The number of aliphatic hydroxyl groups is 1. The van der Waals surface area contributed by atoms with Crippen LogP contribution in [-0.4, -0.2) is 17.3 Å². The van der Waals surface area contributed by atoms with E-state index >= 15 is 0 Å². The van der Waals surface area contributed by atoms with E-state index in [0.717, 1.165) is 0 Å². The summed E-state index contributed by atoms with van der Waals surface area (Å²) in [5.41, 5.74) is -0.311. The van der Waals surface area contributed by atoms with E-state index in [2.05, 4.69) is 0 Å². The van der Waals surface area contributed by atoms with Crippen molar-refractivity contribution in [1.29, 1.82) is 0 Å². The van der Waals surface area contributed by atoms with E-state index in [1.165, 1.54) is 12.1 Å². The molecule has 1 heterocycles. The van der Waals surface area contributed by atoms with Crippen molar-refractivity contribution in [3.63, 3.8) is 0 Å². The first-order valence-corrected chi connectivity index (χ1v) is 5.63. The molecule has 1 N–H and O–H groups in total. The van der Waals surface area contributed by atoms with E-state index in [1.54, 1.807) is 12.1 Å². The highest BCUT2D eigenvalue weighted by Gasteiger charge is 2.38. The molecule has 1 fully saturated rings. The maximum Gasteiger partial charge on any atom is 0.123 e. The summed E-state index contributed by atoms with van der Waals surface area (Å²) in [6, 6.07) is 6.20. The first-order valence-electron chi connectivity index (χ1n) is 5.63. The largest absolute Gasteiger partial charge is 0.385 e. The maximum absolute atomic E-state index is 13.1. The monoisotopic (exact) mass is 224 g/mol. The molecule has 2 atom stereocenters. The van der Waals surface area contributed by atoms with Gasteiger partial charge >= 0.3 is 0 Å². The van der Waals surface area contributed by atoms with Gasteiger partial charge in [0.05, 0.1) is 17.8 Å². The molecular weight excluding hydrogens is 207 g/mol. The summed E-state index contributed by atoms with van der Waals surface area (Å²) in [6.45, 7) is 3.86. The van der Waals surface area contributed by atoms with Crippen LogP contribution >= 0.6 is 0 Å². The van der Waals surface area contributed by atoms with Crippen molar-refractivity contribution in [2.24, 2.45) is 0 Å². The number of hydrogen-bond acceptors (Lipinski definition) is 2. The second-order valence-electron chi connectivity index (χ2n) is 4.71. The van der Waals surface area contributed by atoms with Gasteiger partial charge in [-0.3, -0.25) is 0 Å². The molecule has 88 valence electrons. The highest BCUT2D eigenvalue weighted by atomic mass is 19.1. The molecule has 16 heavy (non-hydrogen) atoms. The van der Waals surface area contributed by atoms with Crippen LogP contribution in [0.1, 0.15) is 32.3 Å². The van der Waals surface area contributed by atoms with Gasteiger partial charge in [0.25, 0.3) is 0 Å². The SMILES string of the molecule is CC1CC(O)(c2cccc(F)c2)CC(C)O1. The fraction of sp³-hybridized carbons (Fsp3) is 0.538. The molecule has 1 aliphatic heterocycles.